The van der Waals surface area contributed by atoms with Gasteiger partial charge in [0.1, 0.15) is 0 Å². The Hall–Kier alpha value is -3.04. The molecular weight excluding hydrogens is 372 g/mol. The average molecular weight is 386 g/mol. The van der Waals surface area contributed by atoms with E-state index in [2.05, 4.69) is 15.6 Å². The summed E-state index contributed by atoms with van der Waals surface area (Å²) < 4.78 is 0. The van der Waals surface area contributed by atoms with Crippen molar-refractivity contribution in [3.05, 3.63) is 63.3 Å². The molecule has 0 atom stereocenters. The van der Waals surface area contributed by atoms with Gasteiger partial charge in [-0.15, -0.1) is 22.7 Å². The number of thiazole rings is 1. The molecule has 3 rings (SSSR count). The maximum absolute atomic E-state index is 12.2. The van der Waals surface area contributed by atoms with Crippen LogP contribution in [0.15, 0.2) is 47.2 Å². The molecule has 0 spiro atoms. The van der Waals surface area contributed by atoms with Crippen molar-refractivity contribution < 1.29 is 14.4 Å². The summed E-state index contributed by atoms with van der Waals surface area (Å²) in [6.45, 7) is 0. The number of hydrogen-bond donors (Lipinski definition) is 3. The normalized spacial score (nSPS) is 10.3. The fourth-order valence-corrected chi connectivity index (χ4v) is 3.50. The molecule has 3 amide bonds. The van der Waals surface area contributed by atoms with Gasteiger partial charge in [-0.1, -0.05) is 18.2 Å². The Kier molecular flexibility index (Phi) is 5.40. The zero-order chi connectivity index (χ0) is 18.5. The maximum Gasteiger partial charge on any atom is 0.267 e. The minimum Gasteiger partial charge on any atom is -0.366 e. The van der Waals surface area contributed by atoms with Crippen molar-refractivity contribution in [2.75, 3.05) is 10.6 Å². The highest BCUT2D eigenvalue weighted by molar-refractivity contribution is 7.14. The second kappa shape index (κ2) is 7.89. The number of carbonyl (C=O) groups excluding carboxylic acids is 3. The summed E-state index contributed by atoms with van der Waals surface area (Å²) in [4.78, 5) is 40.4. The molecule has 0 bridgehead atoms. The monoisotopic (exact) mass is 386 g/mol. The van der Waals surface area contributed by atoms with Crippen LogP contribution in [0.2, 0.25) is 0 Å². The molecular formula is C17H14N4O3S2. The van der Waals surface area contributed by atoms with E-state index in [0.717, 1.165) is 0 Å². The molecule has 0 aliphatic heterocycles. The fraction of sp³-hybridized carbons (Fsp3) is 0.0588. The van der Waals surface area contributed by atoms with Crippen molar-refractivity contribution in [3.8, 4) is 0 Å². The summed E-state index contributed by atoms with van der Waals surface area (Å²) in [7, 11) is 0. The van der Waals surface area contributed by atoms with Gasteiger partial charge in [-0.3, -0.25) is 19.7 Å². The van der Waals surface area contributed by atoms with Gasteiger partial charge in [-0.05, 0) is 23.6 Å². The number of benzene rings is 1. The molecule has 2 aromatic heterocycles. The number of carbonyl (C=O) groups is 3. The second-order valence-corrected chi connectivity index (χ2v) is 7.02. The molecule has 0 radical (unpaired) electrons. The Balaban J connectivity index is 1.61. The molecule has 0 aliphatic carbocycles. The molecule has 0 saturated heterocycles. The van der Waals surface area contributed by atoms with Crippen LogP contribution in [0.4, 0.5) is 10.8 Å². The molecule has 26 heavy (non-hydrogen) atoms. The molecule has 0 fully saturated rings. The van der Waals surface area contributed by atoms with Gasteiger partial charge in [-0.25, -0.2) is 4.98 Å². The number of nitrogens with one attached hydrogen (secondary N) is 2. The summed E-state index contributed by atoms with van der Waals surface area (Å²) in [5.41, 5.74) is 6.40. The lowest BCUT2D eigenvalue weighted by Gasteiger charge is -2.07. The van der Waals surface area contributed by atoms with E-state index >= 15 is 0 Å². The van der Waals surface area contributed by atoms with Crippen LogP contribution in [0.25, 0.3) is 0 Å². The summed E-state index contributed by atoms with van der Waals surface area (Å²) in [5.74, 6) is -1.19. The van der Waals surface area contributed by atoms with E-state index in [-0.39, 0.29) is 23.8 Å². The Morgan fingerprint density at radius 3 is 2.58 bits per heavy atom. The van der Waals surface area contributed by atoms with Gasteiger partial charge in [-0.2, -0.15) is 0 Å². The minimum atomic E-state index is -0.617. The number of rotatable bonds is 6. The van der Waals surface area contributed by atoms with Gasteiger partial charge in [0.05, 0.1) is 28.2 Å². The molecule has 0 unspecified atom stereocenters. The SMILES string of the molecule is NC(=O)c1ccccc1NC(=O)Cc1csc(NC(=O)c2cccs2)n1. The van der Waals surface area contributed by atoms with E-state index in [0.29, 0.717) is 21.4 Å². The van der Waals surface area contributed by atoms with E-state index < -0.39 is 5.91 Å². The first-order chi connectivity index (χ1) is 12.5. The van der Waals surface area contributed by atoms with Crippen molar-refractivity contribution in [2.45, 2.75) is 6.42 Å². The van der Waals surface area contributed by atoms with Crippen molar-refractivity contribution >= 4 is 51.2 Å². The first-order valence-electron chi connectivity index (χ1n) is 7.51. The molecule has 9 heteroatoms. The minimum absolute atomic E-state index is 0.0124. The first-order valence-corrected chi connectivity index (χ1v) is 9.27. The van der Waals surface area contributed by atoms with E-state index in [1.807, 2.05) is 5.38 Å². The van der Waals surface area contributed by atoms with Gasteiger partial charge < -0.3 is 11.1 Å². The Bertz CT molecular complexity index is 951. The first kappa shape index (κ1) is 17.8. The van der Waals surface area contributed by atoms with E-state index in [1.165, 1.54) is 22.7 Å². The largest absolute Gasteiger partial charge is 0.366 e. The number of thiophene rings is 1. The third-order valence-electron chi connectivity index (χ3n) is 3.33. The lowest BCUT2D eigenvalue weighted by molar-refractivity contribution is -0.115. The van der Waals surface area contributed by atoms with Crippen LogP contribution >= 0.6 is 22.7 Å². The molecule has 2 heterocycles. The van der Waals surface area contributed by atoms with Crippen molar-refractivity contribution in [1.29, 1.82) is 0 Å². The van der Waals surface area contributed by atoms with Gasteiger partial charge in [0, 0.05) is 5.38 Å². The standard InChI is InChI=1S/C17H14N4O3S2/c18-15(23)11-4-1-2-5-12(11)20-14(22)8-10-9-26-17(19-10)21-16(24)13-6-3-7-25-13/h1-7,9H,8H2,(H2,18,23)(H,20,22)(H,19,21,24). The number of anilines is 2. The maximum atomic E-state index is 12.2. The predicted octanol–water partition coefficient (Wildman–Crippen LogP) is 2.74. The summed E-state index contributed by atoms with van der Waals surface area (Å²) in [6.07, 6.45) is 0.0124. The molecule has 1 aromatic carbocycles. The number of nitrogens with two attached hydrogens (primary N) is 1. The fourth-order valence-electron chi connectivity index (χ4n) is 2.18. The highest BCUT2D eigenvalue weighted by atomic mass is 32.1. The van der Waals surface area contributed by atoms with Crippen molar-refractivity contribution in [1.82, 2.24) is 4.98 Å². The number of hydrogen-bond acceptors (Lipinski definition) is 6. The van der Waals surface area contributed by atoms with E-state index in [9.17, 15) is 14.4 Å². The zero-order valence-corrected chi connectivity index (χ0v) is 15.0. The Morgan fingerprint density at radius 2 is 1.85 bits per heavy atom. The molecule has 132 valence electrons. The van der Waals surface area contributed by atoms with Gasteiger partial charge in [0.2, 0.25) is 5.91 Å². The van der Waals surface area contributed by atoms with Crippen LogP contribution in [0.5, 0.6) is 0 Å². The third kappa shape index (κ3) is 4.32. The van der Waals surface area contributed by atoms with Crippen LogP contribution in [0, 0.1) is 0 Å². The Labute approximate surface area is 156 Å². The van der Waals surface area contributed by atoms with E-state index in [1.54, 1.807) is 41.8 Å². The quantitative estimate of drug-likeness (QED) is 0.604. The van der Waals surface area contributed by atoms with Crippen LogP contribution in [0.3, 0.4) is 0 Å². The second-order valence-electron chi connectivity index (χ2n) is 5.21. The summed E-state index contributed by atoms with van der Waals surface area (Å²) in [5, 5.41) is 9.28. The molecule has 0 aliphatic rings. The van der Waals surface area contributed by atoms with Crippen molar-refractivity contribution in [3.63, 3.8) is 0 Å². The highest BCUT2D eigenvalue weighted by Gasteiger charge is 2.14. The van der Waals surface area contributed by atoms with Crippen LogP contribution in [0.1, 0.15) is 25.7 Å². The number of para-hydroxylation sites is 1. The molecule has 3 aromatic rings. The predicted molar refractivity (Wildman–Crippen MR) is 102 cm³/mol. The lowest BCUT2D eigenvalue weighted by Crippen LogP contribution is -2.19. The lowest BCUT2D eigenvalue weighted by atomic mass is 10.1. The number of aromatic nitrogens is 1. The third-order valence-corrected chi connectivity index (χ3v) is 5.00. The molecule has 4 N–H and O–H groups in total. The summed E-state index contributed by atoms with van der Waals surface area (Å²) in [6, 6.07) is 10.0. The van der Waals surface area contributed by atoms with Gasteiger partial charge in [0.15, 0.2) is 5.13 Å². The van der Waals surface area contributed by atoms with Gasteiger partial charge >= 0.3 is 0 Å². The zero-order valence-electron chi connectivity index (χ0n) is 13.4. The average Bonchev–Trinajstić information content (AvgIpc) is 3.27. The number of nitrogens with zero attached hydrogens (tertiary/aromatic N) is 1. The topological polar surface area (TPSA) is 114 Å². The summed E-state index contributed by atoms with van der Waals surface area (Å²) >= 11 is 2.57. The van der Waals surface area contributed by atoms with Crippen molar-refractivity contribution in [2.24, 2.45) is 5.73 Å². The molecule has 7 nitrogen and oxygen atoms in total. The Morgan fingerprint density at radius 1 is 1.04 bits per heavy atom. The van der Waals surface area contributed by atoms with Gasteiger partial charge in [0.25, 0.3) is 11.8 Å². The smallest absolute Gasteiger partial charge is 0.267 e. The van der Waals surface area contributed by atoms with E-state index in [4.69, 9.17) is 5.73 Å². The molecule has 0 saturated carbocycles. The highest BCUT2D eigenvalue weighted by Crippen LogP contribution is 2.19. The number of amides is 3. The van der Waals surface area contributed by atoms with Crippen LogP contribution in [-0.4, -0.2) is 22.7 Å². The van der Waals surface area contributed by atoms with Crippen LogP contribution in [-0.2, 0) is 11.2 Å². The van der Waals surface area contributed by atoms with Crippen LogP contribution < -0.4 is 16.4 Å². The number of primary amides is 1.